The van der Waals surface area contributed by atoms with Gasteiger partial charge in [-0.2, -0.15) is 0 Å². The fourth-order valence-electron chi connectivity index (χ4n) is 3.46. The Balaban J connectivity index is 0.000000209. The van der Waals surface area contributed by atoms with Crippen LogP contribution in [0.4, 0.5) is 5.00 Å². The van der Waals surface area contributed by atoms with Gasteiger partial charge in [0.25, 0.3) is 0 Å². The van der Waals surface area contributed by atoms with Gasteiger partial charge < -0.3 is 20.0 Å². The molecule has 1 unspecified atom stereocenters. The summed E-state index contributed by atoms with van der Waals surface area (Å²) in [4.78, 5) is 25.3. The zero-order chi connectivity index (χ0) is 18.9. The van der Waals surface area contributed by atoms with E-state index in [1.54, 1.807) is 11.3 Å². The Labute approximate surface area is 159 Å². The molecule has 0 aromatic carbocycles. The molecule has 7 heteroatoms. The molecule has 1 aliphatic carbocycles. The number of esters is 1. The Kier molecular flexibility index (Phi) is 8.54. The number of hydrogen-bond donors (Lipinski definition) is 2. The molecule has 0 amide bonds. The van der Waals surface area contributed by atoms with Crippen LogP contribution in [0.3, 0.4) is 0 Å². The van der Waals surface area contributed by atoms with Crippen molar-refractivity contribution in [2.45, 2.75) is 51.6 Å². The fraction of sp³-hybridized carbons (Fsp3) is 0.684. The average molecular weight is 383 g/mol. The molecular weight excluding hydrogens is 352 g/mol. The molecule has 2 N–H and O–H groups in total. The predicted molar refractivity (Wildman–Crippen MR) is 104 cm³/mol. The molecule has 6 nitrogen and oxygen atoms in total. The number of hydrogen-bond acceptors (Lipinski definition) is 7. The molecular formula is C19H30N2O4S. The Hall–Kier alpha value is -1.44. The summed E-state index contributed by atoms with van der Waals surface area (Å²) in [6.07, 6.45) is 7.10. The molecule has 2 aliphatic rings. The van der Waals surface area contributed by atoms with Gasteiger partial charge in [0.1, 0.15) is 11.3 Å². The molecule has 1 fully saturated rings. The van der Waals surface area contributed by atoms with Crippen LogP contribution >= 0.6 is 11.3 Å². The second kappa shape index (κ2) is 10.6. The first-order valence-corrected chi connectivity index (χ1v) is 10.3. The summed E-state index contributed by atoms with van der Waals surface area (Å²) in [5.74, 6) is -0.175. The van der Waals surface area contributed by atoms with E-state index in [4.69, 9.17) is 9.84 Å². The van der Waals surface area contributed by atoms with E-state index in [9.17, 15) is 9.59 Å². The molecule has 3 rings (SSSR count). The number of nitrogens with one attached hydrogen (secondary N) is 1. The number of fused-ring (bicyclic) bond motifs is 1. The first-order valence-electron chi connectivity index (χ1n) is 9.44. The summed E-state index contributed by atoms with van der Waals surface area (Å²) in [6, 6.07) is 0. The number of carbonyl (C=O) groups is 2. The third-order valence-corrected chi connectivity index (χ3v) is 6.00. The Morgan fingerprint density at radius 1 is 1.38 bits per heavy atom. The average Bonchev–Trinajstić information content (AvgIpc) is 3.01. The quantitative estimate of drug-likeness (QED) is 0.602. The maximum absolute atomic E-state index is 11.9. The predicted octanol–water partition coefficient (Wildman–Crippen LogP) is 2.49. The van der Waals surface area contributed by atoms with Crippen molar-refractivity contribution in [2.75, 3.05) is 38.6 Å². The monoisotopic (exact) mass is 382 g/mol. The number of aliphatic hydroxyl groups excluding tert-OH is 1. The summed E-state index contributed by atoms with van der Waals surface area (Å²) in [7, 11) is 1.86. The molecule has 26 heavy (non-hydrogen) atoms. The maximum Gasteiger partial charge on any atom is 0.341 e. The number of carbonyl (C=O) groups excluding carboxylic acids is 2. The van der Waals surface area contributed by atoms with Crippen LogP contribution in [0, 0.1) is 0 Å². The molecule has 0 bridgehead atoms. The summed E-state index contributed by atoms with van der Waals surface area (Å²) in [5.41, 5.74) is 2.00. The summed E-state index contributed by atoms with van der Waals surface area (Å²) in [5, 5.41) is 13.2. The van der Waals surface area contributed by atoms with Gasteiger partial charge in [-0.15, -0.1) is 11.3 Å². The van der Waals surface area contributed by atoms with Crippen LogP contribution in [-0.2, 0) is 22.4 Å². The van der Waals surface area contributed by atoms with Crippen molar-refractivity contribution < 1.29 is 19.4 Å². The van der Waals surface area contributed by atoms with E-state index < -0.39 is 0 Å². The minimum absolute atomic E-state index is 0.175. The van der Waals surface area contributed by atoms with Crippen molar-refractivity contribution in [3.63, 3.8) is 0 Å². The zero-order valence-electron chi connectivity index (χ0n) is 15.8. The van der Waals surface area contributed by atoms with E-state index in [2.05, 4.69) is 5.32 Å². The Morgan fingerprint density at radius 3 is 2.81 bits per heavy atom. The molecule has 1 atom stereocenters. The van der Waals surface area contributed by atoms with Crippen molar-refractivity contribution in [3.05, 3.63) is 16.0 Å². The number of nitrogens with zero attached hydrogens (tertiary/aromatic N) is 1. The van der Waals surface area contributed by atoms with Crippen LogP contribution in [0.15, 0.2) is 0 Å². The van der Waals surface area contributed by atoms with Gasteiger partial charge >= 0.3 is 5.97 Å². The third-order valence-electron chi connectivity index (χ3n) is 4.69. The SMILES string of the molecule is CCOC(=O)c1c(NC)sc2c1CCCC2.O=CCN1CCCC(O)C1. The van der Waals surface area contributed by atoms with Crippen LogP contribution in [0.5, 0.6) is 0 Å². The van der Waals surface area contributed by atoms with E-state index in [1.807, 2.05) is 18.9 Å². The summed E-state index contributed by atoms with van der Waals surface area (Å²) < 4.78 is 5.12. The molecule has 1 saturated heterocycles. The van der Waals surface area contributed by atoms with Crippen molar-refractivity contribution in [3.8, 4) is 0 Å². The molecule has 0 radical (unpaired) electrons. The number of aryl methyl sites for hydroxylation is 1. The summed E-state index contributed by atoms with van der Waals surface area (Å²) in [6.45, 7) is 4.37. The number of thiophene rings is 1. The van der Waals surface area contributed by atoms with Gasteiger partial charge in [0.05, 0.1) is 24.8 Å². The molecule has 146 valence electrons. The van der Waals surface area contributed by atoms with Crippen LogP contribution in [0.2, 0.25) is 0 Å². The van der Waals surface area contributed by atoms with Gasteiger partial charge in [-0.1, -0.05) is 0 Å². The largest absolute Gasteiger partial charge is 0.462 e. The lowest BCUT2D eigenvalue weighted by molar-refractivity contribution is -0.109. The van der Waals surface area contributed by atoms with E-state index in [0.29, 0.717) is 19.7 Å². The number of aliphatic hydroxyl groups is 1. The van der Waals surface area contributed by atoms with Crippen molar-refractivity contribution >= 4 is 28.6 Å². The van der Waals surface area contributed by atoms with Crippen LogP contribution < -0.4 is 5.32 Å². The van der Waals surface area contributed by atoms with Crippen LogP contribution in [0.1, 0.15) is 53.4 Å². The zero-order valence-corrected chi connectivity index (χ0v) is 16.6. The van der Waals surface area contributed by atoms with E-state index >= 15 is 0 Å². The molecule has 1 aromatic heterocycles. The molecule has 2 heterocycles. The van der Waals surface area contributed by atoms with Crippen molar-refractivity contribution in [1.29, 1.82) is 0 Å². The molecule has 0 spiro atoms. The lowest BCUT2D eigenvalue weighted by atomic mass is 9.95. The Morgan fingerprint density at radius 2 is 2.15 bits per heavy atom. The van der Waals surface area contributed by atoms with Crippen molar-refractivity contribution in [1.82, 2.24) is 4.90 Å². The Bertz CT molecular complexity index is 603. The number of piperidine rings is 1. The fourth-order valence-corrected chi connectivity index (χ4v) is 4.69. The number of anilines is 1. The molecule has 0 saturated carbocycles. The van der Waals surface area contributed by atoms with Gasteiger partial charge in [0.2, 0.25) is 0 Å². The number of β-amino-alcohol motifs (C(OH)–C–C–N with tert-alkyl or cyclic N) is 1. The summed E-state index contributed by atoms with van der Waals surface area (Å²) >= 11 is 1.70. The molecule has 1 aliphatic heterocycles. The topological polar surface area (TPSA) is 78.9 Å². The second-order valence-corrected chi connectivity index (χ2v) is 7.71. The second-order valence-electron chi connectivity index (χ2n) is 6.61. The highest BCUT2D eigenvalue weighted by atomic mass is 32.1. The number of ether oxygens (including phenoxy) is 1. The minimum Gasteiger partial charge on any atom is -0.462 e. The lowest BCUT2D eigenvalue weighted by Gasteiger charge is -2.27. The maximum atomic E-state index is 11.9. The van der Waals surface area contributed by atoms with Gasteiger partial charge in [-0.3, -0.25) is 4.90 Å². The standard InChI is InChI=1S/C12H17NO2S.C7H13NO2/c1-3-15-12(14)10-8-6-4-5-7-9(8)16-11(10)13-2;9-5-4-8-3-1-2-7(10)6-8/h13H,3-7H2,1-2H3;5,7,10H,1-4,6H2. The highest BCUT2D eigenvalue weighted by Gasteiger charge is 2.25. The van der Waals surface area contributed by atoms with E-state index in [-0.39, 0.29) is 12.1 Å². The lowest BCUT2D eigenvalue weighted by Crippen LogP contribution is -2.39. The smallest absolute Gasteiger partial charge is 0.341 e. The first-order chi connectivity index (χ1) is 12.6. The van der Waals surface area contributed by atoms with Crippen LogP contribution in [0.25, 0.3) is 0 Å². The number of likely N-dealkylation sites (tertiary alicyclic amines) is 1. The van der Waals surface area contributed by atoms with Gasteiger partial charge in [0, 0.05) is 18.5 Å². The molecule has 1 aromatic rings. The van der Waals surface area contributed by atoms with E-state index in [0.717, 1.165) is 49.1 Å². The highest BCUT2D eigenvalue weighted by molar-refractivity contribution is 7.16. The number of aldehydes is 1. The van der Waals surface area contributed by atoms with Crippen LogP contribution in [-0.4, -0.2) is 61.7 Å². The van der Waals surface area contributed by atoms with Gasteiger partial charge in [-0.25, -0.2) is 4.79 Å². The first kappa shape index (κ1) is 20.9. The van der Waals surface area contributed by atoms with Gasteiger partial charge in [-0.05, 0) is 57.6 Å². The van der Waals surface area contributed by atoms with E-state index in [1.165, 1.54) is 23.3 Å². The minimum atomic E-state index is -0.214. The van der Waals surface area contributed by atoms with Gasteiger partial charge in [0.15, 0.2) is 0 Å². The number of rotatable bonds is 5. The normalized spacial score (nSPS) is 19.7. The van der Waals surface area contributed by atoms with Crippen molar-refractivity contribution in [2.24, 2.45) is 0 Å². The highest BCUT2D eigenvalue weighted by Crippen LogP contribution is 2.38. The third kappa shape index (κ3) is 5.53.